The molecule has 0 saturated heterocycles. The average Bonchev–Trinajstić information content (AvgIpc) is 2.49. The Balaban J connectivity index is 1.92. The van der Waals surface area contributed by atoms with Gasteiger partial charge in [0.15, 0.2) is 0 Å². The fourth-order valence-electron chi connectivity index (χ4n) is 1.87. The van der Waals surface area contributed by atoms with E-state index in [2.05, 4.69) is 15.9 Å². The minimum Gasteiger partial charge on any atom is -0.497 e. The Morgan fingerprint density at radius 2 is 1.95 bits per heavy atom. The lowest BCUT2D eigenvalue weighted by Crippen LogP contribution is -2.13. The molecule has 0 heterocycles. The highest BCUT2D eigenvalue weighted by Crippen LogP contribution is 2.25. The zero-order chi connectivity index (χ0) is 15.2. The first-order valence-corrected chi connectivity index (χ1v) is 8.25. The molecule has 0 aliphatic heterocycles. The van der Waals surface area contributed by atoms with E-state index < -0.39 is 6.10 Å². The maximum Gasteiger partial charge on any atom is 0.123 e. The maximum atomic E-state index is 12.8. The molecular formula is C16H16BrFO2S. The molecule has 0 saturated carbocycles. The van der Waals surface area contributed by atoms with Crippen molar-refractivity contribution < 1.29 is 14.2 Å². The largest absolute Gasteiger partial charge is 0.497 e. The molecule has 0 aliphatic carbocycles. The van der Waals surface area contributed by atoms with Crippen molar-refractivity contribution in [2.45, 2.75) is 17.4 Å². The van der Waals surface area contributed by atoms with E-state index >= 15 is 0 Å². The van der Waals surface area contributed by atoms with E-state index in [9.17, 15) is 9.50 Å². The monoisotopic (exact) mass is 370 g/mol. The number of methoxy groups -OCH3 is 1. The van der Waals surface area contributed by atoms with Gasteiger partial charge in [-0.25, -0.2) is 4.39 Å². The van der Waals surface area contributed by atoms with E-state index in [0.29, 0.717) is 12.2 Å². The summed E-state index contributed by atoms with van der Waals surface area (Å²) < 4.78 is 19.0. The first-order chi connectivity index (χ1) is 10.1. The highest BCUT2D eigenvalue weighted by Gasteiger charge is 2.10. The molecule has 0 fully saturated rings. The minimum atomic E-state index is -0.483. The van der Waals surface area contributed by atoms with Crippen molar-refractivity contribution in [3.63, 3.8) is 0 Å². The van der Waals surface area contributed by atoms with Crippen molar-refractivity contribution >= 4 is 27.7 Å². The van der Waals surface area contributed by atoms with Crippen molar-refractivity contribution in [3.05, 3.63) is 58.3 Å². The smallest absolute Gasteiger partial charge is 0.123 e. The van der Waals surface area contributed by atoms with Crippen molar-refractivity contribution in [1.82, 2.24) is 0 Å². The standard InChI is InChI=1S/C16H16BrFO2S/c1-20-14-4-7-16(17)11(9-14)8-13(19)10-21-15-5-2-12(18)3-6-15/h2-7,9,13,19H,8,10H2,1H3. The van der Waals surface area contributed by atoms with E-state index in [1.165, 1.54) is 23.9 Å². The van der Waals surface area contributed by atoms with Gasteiger partial charge >= 0.3 is 0 Å². The Morgan fingerprint density at radius 1 is 1.24 bits per heavy atom. The zero-order valence-electron chi connectivity index (χ0n) is 11.6. The van der Waals surface area contributed by atoms with Gasteiger partial charge in [0.05, 0.1) is 13.2 Å². The molecule has 0 radical (unpaired) electrons. The fourth-order valence-corrected chi connectivity index (χ4v) is 3.11. The first kappa shape index (κ1) is 16.3. The number of benzene rings is 2. The Labute approximate surface area is 136 Å². The molecular weight excluding hydrogens is 355 g/mol. The van der Waals surface area contributed by atoms with Crippen LogP contribution in [-0.2, 0) is 6.42 Å². The van der Waals surface area contributed by atoms with Crippen LogP contribution in [0.25, 0.3) is 0 Å². The number of aliphatic hydroxyl groups excluding tert-OH is 1. The van der Waals surface area contributed by atoms with E-state index in [1.807, 2.05) is 18.2 Å². The Hall–Kier alpha value is -1.04. The number of aliphatic hydroxyl groups is 1. The van der Waals surface area contributed by atoms with Crippen LogP contribution in [-0.4, -0.2) is 24.1 Å². The number of halogens is 2. The predicted octanol–water partition coefficient (Wildman–Crippen LogP) is 4.29. The molecule has 0 amide bonds. The summed E-state index contributed by atoms with van der Waals surface area (Å²) in [5.74, 6) is 1.07. The van der Waals surface area contributed by atoms with Crippen LogP contribution in [0.3, 0.4) is 0 Å². The summed E-state index contributed by atoms with van der Waals surface area (Å²) in [4.78, 5) is 0.945. The van der Waals surface area contributed by atoms with E-state index in [1.54, 1.807) is 19.2 Å². The summed E-state index contributed by atoms with van der Waals surface area (Å²) in [5.41, 5.74) is 1.00. The van der Waals surface area contributed by atoms with Crippen LogP contribution in [0.2, 0.25) is 0 Å². The number of hydrogen-bond acceptors (Lipinski definition) is 3. The van der Waals surface area contributed by atoms with Crippen LogP contribution in [0.5, 0.6) is 5.75 Å². The number of rotatable bonds is 6. The summed E-state index contributed by atoms with van der Waals surface area (Å²) >= 11 is 4.99. The van der Waals surface area contributed by atoms with Crippen LogP contribution in [0.1, 0.15) is 5.56 Å². The van der Waals surface area contributed by atoms with Gasteiger partial charge in [-0.1, -0.05) is 15.9 Å². The summed E-state index contributed by atoms with van der Waals surface area (Å²) in [6.07, 6.45) is 0.0508. The van der Waals surface area contributed by atoms with Gasteiger partial charge in [-0.15, -0.1) is 11.8 Å². The molecule has 0 bridgehead atoms. The number of hydrogen-bond donors (Lipinski definition) is 1. The summed E-state index contributed by atoms with van der Waals surface area (Å²) in [6.45, 7) is 0. The van der Waals surface area contributed by atoms with Crippen molar-refractivity contribution in [2.75, 3.05) is 12.9 Å². The van der Waals surface area contributed by atoms with E-state index in [4.69, 9.17) is 4.74 Å². The van der Waals surface area contributed by atoms with Crippen LogP contribution in [0, 0.1) is 5.82 Å². The van der Waals surface area contributed by atoms with Crippen LogP contribution in [0.4, 0.5) is 4.39 Å². The van der Waals surface area contributed by atoms with Crippen LogP contribution >= 0.6 is 27.7 Å². The summed E-state index contributed by atoms with van der Waals surface area (Å²) in [5, 5.41) is 10.2. The molecule has 2 nitrogen and oxygen atoms in total. The van der Waals surface area contributed by atoms with Gasteiger partial charge in [0, 0.05) is 21.5 Å². The minimum absolute atomic E-state index is 0.250. The molecule has 2 aromatic carbocycles. The van der Waals surface area contributed by atoms with Gasteiger partial charge in [0.1, 0.15) is 11.6 Å². The van der Waals surface area contributed by atoms with Crippen LogP contribution < -0.4 is 4.74 Å². The quantitative estimate of drug-likeness (QED) is 0.769. The second-order valence-electron chi connectivity index (χ2n) is 4.58. The number of ether oxygens (including phenoxy) is 1. The molecule has 112 valence electrons. The second kappa shape index (κ2) is 7.82. The predicted molar refractivity (Wildman–Crippen MR) is 87.5 cm³/mol. The third kappa shape index (κ3) is 5.02. The molecule has 0 aliphatic rings. The fraction of sp³-hybridized carbons (Fsp3) is 0.250. The highest BCUT2D eigenvalue weighted by atomic mass is 79.9. The molecule has 0 spiro atoms. The number of thioether (sulfide) groups is 1. The molecule has 5 heteroatoms. The van der Waals surface area contributed by atoms with Gasteiger partial charge in [-0.2, -0.15) is 0 Å². The van der Waals surface area contributed by atoms with Gasteiger partial charge < -0.3 is 9.84 Å². The third-order valence-corrected chi connectivity index (χ3v) is 4.90. The second-order valence-corrected chi connectivity index (χ2v) is 6.53. The Bertz CT molecular complexity index is 589. The van der Waals surface area contributed by atoms with Gasteiger partial charge in [-0.05, 0) is 48.0 Å². The van der Waals surface area contributed by atoms with Crippen molar-refractivity contribution in [1.29, 1.82) is 0 Å². The van der Waals surface area contributed by atoms with E-state index in [0.717, 1.165) is 20.7 Å². The molecule has 2 aromatic rings. The topological polar surface area (TPSA) is 29.5 Å². The molecule has 21 heavy (non-hydrogen) atoms. The lowest BCUT2D eigenvalue weighted by molar-refractivity contribution is 0.200. The SMILES string of the molecule is COc1ccc(Br)c(CC(O)CSc2ccc(F)cc2)c1. The molecule has 1 N–H and O–H groups in total. The summed E-state index contributed by atoms with van der Waals surface area (Å²) in [7, 11) is 1.62. The molecule has 2 rings (SSSR count). The summed E-state index contributed by atoms with van der Waals surface area (Å²) in [6, 6.07) is 12.0. The maximum absolute atomic E-state index is 12.8. The van der Waals surface area contributed by atoms with Gasteiger partial charge in [-0.3, -0.25) is 0 Å². The normalized spacial score (nSPS) is 12.2. The lowest BCUT2D eigenvalue weighted by atomic mass is 10.1. The van der Waals surface area contributed by atoms with Gasteiger partial charge in [0.2, 0.25) is 0 Å². The highest BCUT2D eigenvalue weighted by molar-refractivity contribution is 9.10. The van der Waals surface area contributed by atoms with Crippen molar-refractivity contribution in [3.8, 4) is 5.75 Å². The van der Waals surface area contributed by atoms with Crippen molar-refractivity contribution in [2.24, 2.45) is 0 Å². The lowest BCUT2D eigenvalue weighted by Gasteiger charge is -2.13. The molecule has 1 atom stereocenters. The molecule has 1 unspecified atom stereocenters. The van der Waals surface area contributed by atoms with Crippen LogP contribution in [0.15, 0.2) is 51.8 Å². The third-order valence-electron chi connectivity index (χ3n) is 2.96. The zero-order valence-corrected chi connectivity index (χ0v) is 14.0. The van der Waals surface area contributed by atoms with E-state index in [-0.39, 0.29) is 5.82 Å². The molecule has 0 aromatic heterocycles. The first-order valence-electron chi connectivity index (χ1n) is 6.47. The van der Waals surface area contributed by atoms with Gasteiger partial charge in [0.25, 0.3) is 0 Å². The Morgan fingerprint density at radius 3 is 2.62 bits per heavy atom. The Kier molecular flexibility index (Phi) is 6.08. The average molecular weight is 371 g/mol.